The number of fused-ring (bicyclic) bond motifs is 1. The van der Waals surface area contributed by atoms with Crippen molar-refractivity contribution >= 4 is 21.5 Å². The molecule has 10 heteroatoms. The summed E-state index contributed by atoms with van der Waals surface area (Å²) in [6.07, 6.45) is 0. The molecule has 0 N–H and O–H groups in total. The third-order valence-electron chi connectivity index (χ3n) is 4.34. The van der Waals surface area contributed by atoms with Gasteiger partial charge < -0.3 is 9.47 Å². The molecule has 1 aliphatic rings. The maximum Gasteiger partial charge on any atom is 0.270 e. The number of sulfonamides is 1. The van der Waals surface area contributed by atoms with Gasteiger partial charge in [0.25, 0.3) is 5.69 Å². The minimum atomic E-state index is -3.87. The number of nitro benzene ring substituents is 1. The van der Waals surface area contributed by atoms with Crippen LogP contribution in [0.1, 0.15) is 28.4 Å². The van der Waals surface area contributed by atoms with E-state index in [4.69, 9.17) is 9.47 Å². The molecule has 0 atom stereocenters. The van der Waals surface area contributed by atoms with E-state index in [9.17, 15) is 23.3 Å². The minimum Gasteiger partial charge on any atom is -0.467 e. The normalized spacial score (nSPS) is 13.7. The second-order valence-corrected chi connectivity index (χ2v) is 8.35. The number of Topliss-reactive ketones (excluding diaryl/α,β-unsaturated/α-hetero) is 1. The van der Waals surface area contributed by atoms with Crippen molar-refractivity contribution in [2.24, 2.45) is 0 Å². The van der Waals surface area contributed by atoms with Gasteiger partial charge in [0.1, 0.15) is 5.75 Å². The summed E-state index contributed by atoms with van der Waals surface area (Å²) in [6, 6.07) is 8.26. The van der Waals surface area contributed by atoms with E-state index in [1.807, 2.05) is 0 Å². The van der Waals surface area contributed by atoms with Gasteiger partial charge in [-0.3, -0.25) is 14.9 Å². The summed E-state index contributed by atoms with van der Waals surface area (Å²) in [4.78, 5) is 22.0. The van der Waals surface area contributed by atoms with E-state index in [0.717, 1.165) is 4.31 Å². The maximum absolute atomic E-state index is 12.8. The first-order valence-electron chi connectivity index (χ1n) is 8.28. The molecule has 3 rings (SSSR count). The molecular weight excluding hydrogens is 388 g/mol. The van der Waals surface area contributed by atoms with Gasteiger partial charge in [0.05, 0.1) is 16.4 Å². The largest absolute Gasteiger partial charge is 0.467 e. The molecule has 0 fully saturated rings. The Morgan fingerprint density at radius 3 is 2.54 bits per heavy atom. The van der Waals surface area contributed by atoms with E-state index in [1.165, 1.54) is 50.4 Å². The smallest absolute Gasteiger partial charge is 0.270 e. The average Bonchev–Trinajstić information content (AvgIpc) is 2.67. The summed E-state index contributed by atoms with van der Waals surface area (Å²) in [6.45, 7) is 1.40. The van der Waals surface area contributed by atoms with Gasteiger partial charge in [-0.25, -0.2) is 8.42 Å². The zero-order chi connectivity index (χ0) is 20.5. The van der Waals surface area contributed by atoms with Crippen molar-refractivity contribution in [2.45, 2.75) is 25.0 Å². The van der Waals surface area contributed by atoms with E-state index < -0.39 is 14.9 Å². The molecule has 0 radical (unpaired) electrons. The zero-order valence-corrected chi connectivity index (χ0v) is 16.1. The lowest BCUT2D eigenvalue weighted by Gasteiger charge is -2.23. The Labute approximate surface area is 161 Å². The van der Waals surface area contributed by atoms with Crippen LogP contribution in [0.5, 0.6) is 5.75 Å². The molecule has 0 saturated carbocycles. The molecule has 0 aliphatic carbocycles. The number of non-ortho nitro benzene ring substituents is 1. The van der Waals surface area contributed by atoms with Gasteiger partial charge in [0.15, 0.2) is 12.6 Å². The molecule has 2 aromatic carbocycles. The number of carbonyl (C=O) groups is 1. The Balaban J connectivity index is 1.93. The van der Waals surface area contributed by atoms with Crippen molar-refractivity contribution < 1.29 is 27.6 Å². The molecular formula is C18H18N2O7S. The molecule has 148 valence electrons. The lowest BCUT2D eigenvalue weighted by atomic mass is 10.1. The highest BCUT2D eigenvalue weighted by Gasteiger charge is 2.26. The predicted molar refractivity (Wildman–Crippen MR) is 98.5 cm³/mol. The van der Waals surface area contributed by atoms with Crippen LogP contribution in [0.15, 0.2) is 41.3 Å². The third kappa shape index (κ3) is 3.88. The van der Waals surface area contributed by atoms with Crippen molar-refractivity contribution in [3.8, 4) is 5.75 Å². The van der Waals surface area contributed by atoms with Crippen LogP contribution in [0, 0.1) is 10.1 Å². The standard InChI is InChI=1S/C18H18N2O7S/c1-12(21)13-3-5-17(6-4-13)28(24,25)19(2)9-14-7-16(20(22)23)8-15-10-26-11-27-18(14)15/h3-8H,9-11H2,1-2H3. The lowest BCUT2D eigenvalue weighted by Crippen LogP contribution is -2.27. The van der Waals surface area contributed by atoms with Crippen LogP contribution < -0.4 is 4.74 Å². The van der Waals surface area contributed by atoms with Crippen LogP contribution in [-0.2, 0) is 27.9 Å². The van der Waals surface area contributed by atoms with Crippen LogP contribution in [0.2, 0.25) is 0 Å². The highest BCUT2D eigenvalue weighted by Crippen LogP contribution is 2.34. The van der Waals surface area contributed by atoms with Gasteiger partial charge in [-0.1, -0.05) is 12.1 Å². The summed E-state index contributed by atoms with van der Waals surface area (Å²) < 4.78 is 37.4. The van der Waals surface area contributed by atoms with Crippen molar-refractivity contribution in [3.63, 3.8) is 0 Å². The molecule has 28 heavy (non-hydrogen) atoms. The van der Waals surface area contributed by atoms with E-state index in [-0.39, 0.29) is 36.3 Å². The minimum absolute atomic E-state index is 0.0131. The summed E-state index contributed by atoms with van der Waals surface area (Å²) in [7, 11) is -2.50. The molecule has 0 amide bonds. The molecule has 9 nitrogen and oxygen atoms in total. The number of ketones is 1. The molecule has 0 spiro atoms. The van der Waals surface area contributed by atoms with Gasteiger partial charge in [-0.2, -0.15) is 4.31 Å². The Morgan fingerprint density at radius 1 is 1.25 bits per heavy atom. The molecule has 0 bridgehead atoms. The molecule has 1 heterocycles. The Kier molecular flexibility index (Phi) is 5.45. The Morgan fingerprint density at radius 2 is 1.93 bits per heavy atom. The number of rotatable bonds is 6. The number of ether oxygens (including phenoxy) is 2. The summed E-state index contributed by atoms with van der Waals surface area (Å²) in [5.41, 5.74) is 1.10. The Hall–Kier alpha value is -2.82. The second kappa shape index (κ2) is 7.66. The SMILES string of the molecule is CC(=O)c1ccc(S(=O)(=O)N(C)Cc2cc([N+](=O)[O-])cc3c2OCOC3)cc1. The number of benzene rings is 2. The first-order chi connectivity index (χ1) is 13.2. The first kappa shape index (κ1) is 19.9. The van der Waals surface area contributed by atoms with Crippen LogP contribution in [0.4, 0.5) is 5.69 Å². The van der Waals surface area contributed by atoms with Crippen molar-refractivity contribution in [1.29, 1.82) is 0 Å². The highest BCUT2D eigenvalue weighted by atomic mass is 32.2. The van der Waals surface area contributed by atoms with Gasteiger partial charge in [-0.05, 0) is 19.1 Å². The fraction of sp³-hybridized carbons (Fsp3) is 0.278. The van der Waals surface area contributed by atoms with Crippen molar-refractivity contribution in [1.82, 2.24) is 4.31 Å². The molecule has 1 aliphatic heterocycles. The van der Waals surface area contributed by atoms with E-state index in [0.29, 0.717) is 22.4 Å². The maximum atomic E-state index is 12.8. The van der Waals surface area contributed by atoms with Gasteiger partial charge in [0.2, 0.25) is 10.0 Å². The monoisotopic (exact) mass is 406 g/mol. The molecule has 0 unspecified atom stereocenters. The summed E-state index contributed by atoms with van der Waals surface area (Å²) >= 11 is 0. The predicted octanol–water partition coefficient (Wildman–Crippen LogP) is 2.48. The molecule has 0 aromatic heterocycles. The highest BCUT2D eigenvalue weighted by molar-refractivity contribution is 7.89. The number of nitro groups is 1. The number of carbonyl (C=O) groups excluding carboxylic acids is 1. The second-order valence-electron chi connectivity index (χ2n) is 6.30. The number of hydrogen-bond donors (Lipinski definition) is 0. The molecule has 2 aromatic rings. The van der Waals surface area contributed by atoms with Crippen LogP contribution in [0.3, 0.4) is 0 Å². The van der Waals surface area contributed by atoms with E-state index in [1.54, 1.807) is 0 Å². The molecule has 0 saturated heterocycles. The summed E-state index contributed by atoms with van der Waals surface area (Å²) in [5.74, 6) is 0.228. The lowest BCUT2D eigenvalue weighted by molar-refractivity contribution is -0.385. The fourth-order valence-corrected chi connectivity index (χ4v) is 4.02. The number of nitrogens with zero attached hydrogens (tertiary/aromatic N) is 2. The topological polar surface area (TPSA) is 116 Å². The summed E-state index contributed by atoms with van der Waals surface area (Å²) in [5, 5.41) is 11.2. The first-order valence-corrected chi connectivity index (χ1v) is 9.72. The van der Waals surface area contributed by atoms with E-state index >= 15 is 0 Å². The van der Waals surface area contributed by atoms with Crippen LogP contribution in [0.25, 0.3) is 0 Å². The third-order valence-corrected chi connectivity index (χ3v) is 6.16. The van der Waals surface area contributed by atoms with Crippen LogP contribution >= 0.6 is 0 Å². The Bertz CT molecular complexity index is 1030. The van der Waals surface area contributed by atoms with Gasteiger partial charge in [0, 0.05) is 42.4 Å². The van der Waals surface area contributed by atoms with E-state index in [2.05, 4.69) is 0 Å². The van der Waals surface area contributed by atoms with Crippen molar-refractivity contribution in [2.75, 3.05) is 13.8 Å². The van der Waals surface area contributed by atoms with Gasteiger partial charge in [-0.15, -0.1) is 0 Å². The zero-order valence-electron chi connectivity index (χ0n) is 15.2. The quantitative estimate of drug-likeness (QED) is 0.411. The average molecular weight is 406 g/mol. The van der Waals surface area contributed by atoms with Crippen LogP contribution in [-0.4, -0.2) is 37.3 Å². The number of hydrogen-bond acceptors (Lipinski definition) is 7. The van der Waals surface area contributed by atoms with Crippen molar-refractivity contribution in [3.05, 3.63) is 63.2 Å². The fourth-order valence-electron chi connectivity index (χ4n) is 2.87. The van der Waals surface area contributed by atoms with Gasteiger partial charge >= 0.3 is 0 Å².